The molecule has 1 aliphatic carbocycles. The molecule has 6 nitrogen and oxygen atoms in total. The van der Waals surface area contributed by atoms with Crippen molar-refractivity contribution in [1.82, 2.24) is 14.9 Å². The van der Waals surface area contributed by atoms with Crippen molar-refractivity contribution in [1.29, 1.82) is 0 Å². The topological polar surface area (TPSA) is 78.5 Å². The molecule has 0 bridgehead atoms. The molecule has 2 saturated heterocycles. The third kappa shape index (κ3) is 5.88. The largest absolute Gasteiger partial charge is 0.356 e. The number of hydrogen-bond donors (Lipinski definition) is 2. The molecule has 1 amide bonds. The lowest BCUT2D eigenvalue weighted by atomic mass is 9.81. The molecule has 31 heavy (non-hydrogen) atoms. The maximum Gasteiger partial charge on any atom is 0.240 e. The van der Waals surface area contributed by atoms with E-state index >= 15 is 0 Å². The first-order valence-corrected chi connectivity index (χ1v) is 13.6. The number of carbonyl (C=O) groups is 1. The van der Waals surface area contributed by atoms with E-state index in [1.54, 1.807) is 24.3 Å². The Balaban J connectivity index is 1.18. The maximum atomic E-state index is 12.8. The summed E-state index contributed by atoms with van der Waals surface area (Å²) in [5, 5.41) is 3.27. The molecule has 7 heteroatoms. The Morgan fingerprint density at radius 1 is 0.903 bits per heavy atom. The van der Waals surface area contributed by atoms with Crippen LogP contribution < -0.4 is 10.0 Å². The van der Waals surface area contributed by atoms with Crippen LogP contribution in [0.2, 0.25) is 0 Å². The standard InChI is InChI=1S/C24H37N3O3S/c28-24(25-18-21-7-6-16-27-15-5-4-10-23(21)27)20-13-11-19(12-14-20)17-26-31(29,30)22-8-2-1-3-9-22/h1-3,8-9,19-21,23,26H,4-7,10-18H2,(H,25,28)/t19?,20?,21-,23-/m1/s1. The van der Waals surface area contributed by atoms with E-state index in [9.17, 15) is 13.2 Å². The minimum atomic E-state index is -3.45. The average Bonchev–Trinajstić information content (AvgIpc) is 2.82. The smallest absolute Gasteiger partial charge is 0.240 e. The maximum absolute atomic E-state index is 12.8. The molecule has 172 valence electrons. The van der Waals surface area contributed by atoms with Crippen LogP contribution in [0.3, 0.4) is 0 Å². The lowest BCUT2D eigenvalue weighted by Gasteiger charge is -2.44. The van der Waals surface area contributed by atoms with Gasteiger partial charge in [-0.2, -0.15) is 0 Å². The Kier molecular flexibility index (Phi) is 7.67. The van der Waals surface area contributed by atoms with E-state index < -0.39 is 10.0 Å². The Morgan fingerprint density at radius 2 is 1.65 bits per heavy atom. The summed E-state index contributed by atoms with van der Waals surface area (Å²) in [5.41, 5.74) is 0. The van der Waals surface area contributed by atoms with Crippen LogP contribution in [0.5, 0.6) is 0 Å². The first-order valence-electron chi connectivity index (χ1n) is 12.1. The molecule has 2 atom stereocenters. The Labute approximate surface area is 187 Å². The number of sulfonamides is 1. The van der Waals surface area contributed by atoms with Gasteiger partial charge in [0, 0.05) is 25.0 Å². The number of carbonyl (C=O) groups excluding carboxylic acids is 1. The molecule has 2 aliphatic heterocycles. The summed E-state index contributed by atoms with van der Waals surface area (Å²) < 4.78 is 27.6. The summed E-state index contributed by atoms with van der Waals surface area (Å²) >= 11 is 0. The first-order chi connectivity index (χ1) is 15.0. The molecule has 3 fully saturated rings. The zero-order chi connectivity index (χ0) is 21.7. The average molecular weight is 448 g/mol. The van der Waals surface area contributed by atoms with E-state index in [1.807, 2.05) is 6.07 Å². The number of hydrogen-bond acceptors (Lipinski definition) is 4. The van der Waals surface area contributed by atoms with Crippen molar-refractivity contribution in [2.75, 3.05) is 26.2 Å². The van der Waals surface area contributed by atoms with Crippen molar-refractivity contribution < 1.29 is 13.2 Å². The van der Waals surface area contributed by atoms with E-state index in [-0.39, 0.29) is 11.8 Å². The zero-order valence-corrected chi connectivity index (χ0v) is 19.3. The number of rotatable bonds is 7. The molecular formula is C24H37N3O3S. The quantitative estimate of drug-likeness (QED) is 0.673. The second-order valence-electron chi connectivity index (χ2n) is 9.63. The van der Waals surface area contributed by atoms with E-state index in [0.29, 0.717) is 29.3 Å². The van der Waals surface area contributed by atoms with Gasteiger partial charge >= 0.3 is 0 Å². The van der Waals surface area contributed by atoms with Gasteiger partial charge < -0.3 is 10.2 Å². The molecule has 1 aromatic carbocycles. The molecule has 0 radical (unpaired) electrons. The van der Waals surface area contributed by atoms with Crippen LogP contribution in [0.1, 0.15) is 57.8 Å². The Morgan fingerprint density at radius 3 is 2.42 bits per heavy atom. The van der Waals surface area contributed by atoms with Gasteiger partial charge in [0.2, 0.25) is 15.9 Å². The molecule has 2 N–H and O–H groups in total. The molecule has 0 spiro atoms. The fourth-order valence-electron chi connectivity index (χ4n) is 5.73. The number of amides is 1. The predicted molar refractivity (Wildman–Crippen MR) is 122 cm³/mol. The van der Waals surface area contributed by atoms with Crippen LogP contribution in [0.25, 0.3) is 0 Å². The number of nitrogens with zero attached hydrogens (tertiary/aromatic N) is 1. The molecular weight excluding hydrogens is 410 g/mol. The molecule has 4 rings (SSSR count). The van der Waals surface area contributed by atoms with Crippen molar-refractivity contribution in [3.8, 4) is 0 Å². The predicted octanol–water partition coefficient (Wildman–Crippen LogP) is 3.15. The van der Waals surface area contributed by atoms with Gasteiger partial charge in [0.25, 0.3) is 0 Å². The summed E-state index contributed by atoms with van der Waals surface area (Å²) in [6.45, 7) is 3.72. The van der Waals surface area contributed by atoms with Crippen LogP contribution in [-0.4, -0.2) is 51.4 Å². The van der Waals surface area contributed by atoms with Gasteiger partial charge in [-0.15, -0.1) is 0 Å². The van der Waals surface area contributed by atoms with E-state index in [2.05, 4.69) is 14.9 Å². The van der Waals surface area contributed by atoms with Gasteiger partial charge in [-0.25, -0.2) is 13.1 Å². The summed E-state index contributed by atoms with van der Waals surface area (Å²) in [7, 11) is -3.45. The molecule has 2 heterocycles. The number of nitrogens with one attached hydrogen (secondary N) is 2. The Bertz CT molecular complexity index is 820. The van der Waals surface area contributed by atoms with Crippen LogP contribution in [0.15, 0.2) is 35.2 Å². The fraction of sp³-hybridized carbons (Fsp3) is 0.708. The SMILES string of the molecule is O=C(NC[C@H]1CCCN2CCCC[C@H]12)C1CCC(CNS(=O)(=O)c2ccccc2)CC1. The van der Waals surface area contributed by atoms with Gasteiger partial charge in [-0.05, 0) is 88.4 Å². The van der Waals surface area contributed by atoms with Crippen LogP contribution in [0.4, 0.5) is 0 Å². The molecule has 1 saturated carbocycles. The summed E-state index contributed by atoms with van der Waals surface area (Å²) in [4.78, 5) is 15.7. The first kappa shape index (κ1) is 22.7. The normalized spacial score (nSPS) is 29.8. The second kappa shape index (κ2) is 10.5. The lowest BCUT2D eigenvalue weighted by molar-refractivity contribution is -0.126. The zero-order valence-electron chi connectivity index (χ0n) is 18.5. The van der Waals surface area contributed by atoms with Gasteiger partial charge in [0.05, 0.1) is 4.90 Å². The minimum absolute atomic E-state index is 0.0769. The van der Waals surface area contributed by atoms with Crippen LogP contribution in [-0.2, 0) is 14.8 Å². The second-order valence-corrected chi connectivity index (χ2v) is 11.4. The number of fused-ring (bicyclic) bond motifs is 1. The van der Waals surface area contributed by atoms with Crippen molar-refractivity contribution in [2.45, 2.75) is 68.7 Å². The van der Waals surface area contributed by atoms with E-state index in [4.69, 9.17) is 0 Å². The molecule has 0 unspecified atom stereocenters. The third-order valence-electron chi connectivity index (χ3n) is 7.60. The van der Waals surface area contributed by atoms with Crippen molar-refractivity contribution in [3.63, 3.8) is 0 Å². The van der Waals surface area contributed by atoms with E-state index in [1.165, 1.54) is 45.2 Å². The highest BCUT2D eigenvalue weighted by atomic mass is 32.2. The minimum Gasteiger partial charge on any atom is -0.356 e. The summed E-state index contributed by atoms with van der Waals surface area (Å²) in [6, 6.07) is 9.17. The highest BCUT2D eigenvalue weighted by Gasteiger charge is 2.34. The van der Waals surface area contributed by atoms with Gasteiger partial charge in [0.15, 0.2) is 0 Å². The third-order valence-corrected chi connectivity index (χ3v) is 9.04. The van der Waals surface area contributed by atoms with Crippen molar-refractivity contribution >= 4 is 15.9 Å². The molecule has 3 aliphatic rings. The van der Waals surface area contributed by atoms with Gasteiger partial charge in [-0.3, -0.25) is 4.79 Å². The lowest BCUT2D eigenvalue weighted by Crippen LogP contribution is -2.51. The molecule has 1 aromatic rings. The van der Waals surface area contributed by atoms with Crippen molar-refractivity contribution in [3.05, 3.63) is 30.3 Å². The summed E-state index contributed by atoms with van der Waals surface area (Å²) in [5.74, 6) is 1.18. The Hall–Kier alpha value is -1.44. The fourth-order valence-corrected chi connectivity index (χ4v) is 6.87. The van der Waals surface area contributed by atoms with Crippen LogP contribution >= 0.6 is 0 Å². The number of piperidine rings is 2. The van der Waals surface area contributed by atoms with Crippen LogP contribution in [0, 0.1) is 17.8 Å². The highest BCUT2D eigenvalue weighted by Crippen LogP contribution is 2.31. The van der Waals surface area contributed by atoms with Crippen molar-refractivity contribution in [2.24, 2.45) is 17.8 Å². The number of benzene rings is 1. The molecule has 0 aromatic heterocycles. The van der Waals surface area contributed by atoms with Gasteiger partial charge in [0.1, 0.15) is 0 Å². The monoisotopic (exact) mass is 447 g/mol. The highest BCUT2D eigenvalue weighted by molar-refractivity contribution is 7.89. The van der Waals surface area contributed by atoms with E-state index in [0.717, 1.165) is 32.2 Å². The summed E-state index contributed by atoms with van der Waals surface area (Å²) in [6.07, 6.45) is 9.91. The van der Waals surface area contributed by atoms with Gasteiger partial charge in [-0.1, -0.05) is 24.6 Å².